The number of pyridine rings is 1. The van der Waals surface area contributed by atoms with Gasteiger partial charge >= 0.3 is 0 Å². The molecule has 2 heteroatoms. The molecule has 2 aromatic rings. The molecule has 0 aromatic carbocycles. The second-order valence-corrected chi connectivity index (χ2v) is 4.70. The second kappa shape index (κ2) is 3.69. The van der Waals surface area contributed by atoms with E-state index in [9.17, 15) is 0 Å². The summed E-state index contributed by atoms with van der Waals surface area (Å²) in [5, 5.41) is 4.32. The zero-order chi connectivity index (χ0) is 11.0. The Hall–Kier alpha value is -1.31. The maximum atomic E-state index is 4.32. The zero-order valence-corrected chi connectivity index (χ0v) is 9.86. The summed E-state index contributed by atoms with van der Waals surface area (Å²) in [5.74, 6) is 1.10. The third kappa shape index (κ3) is 1.76. The lowest BCUT2D eigenvalue weighted by Crippen LogP contribution is -1.99. The fourth-order valence-electron chi connectivity index (χ4n) is 1.86. The molecule has 0 bridgehead atoms. The molecule has 0 saturated carbocycles. The average molecular weight is 202 g/mol. The highest BCUT2D eigenvalue weighted by atomic mass is 15.2. The van der Waals surface area contributed by atoms with Gasteiger partial charge in [0.2, 0.25) is 0 Å². The van der Waals surface area contributed by atoms with Crippen molar-refractivity contribution < 1.29 is 0 Å². The van der Waals surface area contributed by atoms with Gasteiger partial charge in [-0.3, -0.25) is 0 Å². The van der Waals surface area contributed by atoms with Crippen LogP contribution in [0.4, 0.5) is 0 Å². The maximum Gasteiger partial charge on any atom is 0.0696 e. The van der Waals surface area contributed by atoms with Crippen molar-refractivity contribution in [3.8, 4) is 0 Å². The predicted octanol–water partition coefficient (Wildman–Crippen LogP) is 3.58. The van der Waals surface area contributed by atoms with E-state index in [0.717, 1.165) is 0 Å². The van der Waals surface area contributed by atoms with E-state index in [1.54, 1.807) is 0 Å². The van der Waals surface area contributed by atoms with Crippen LogP contribution in [0.25, 0.3) is 5.52 Å². The molecular formula is C13H18N2. The summed E-state index contributed by atoms with van der Waals surface area (Å²) in [6.45, 7) is 8.89. The molecule has 2 aromatic heterocycles. The summed E-state index contributed by atoms with van der Waals surface area (Å²) in [6, 6.07) is 4.39. The molecule has 0 amide bonds. The summed E-state index contributed by atoms with van der Waals surface area (Å²) in [6.07, 6.45) is 4.00. The highest BCUT2D eigenvalue weighted by Gasteiger charge is 2.09. The Kier molecular flexibility index (Phi) is 2.51. The lowest BCUT2D eigenvalue weighted by molar-refractivity contribution is 0.805. The van der Waals surface area contributed by atoms with Crippen LogP contribution >= 0.6 is 0 Å². The Morgan fingerprint density at radius 2 is 1.87 bits per heavy atom. The topological polar surface area (TPSA) is 17.3 Å². The van der Waals surface area contributed by atoms with Crippen LogP contribution in [0.3, 0.4) is 0 Å². The highest BCUT2D eigenvalue weighted by Crippen LogP contribution is 2.25. The Morgan fingerprint density at radius 3 is 2.47 bits per heavy atom. The molecule has 0 aliphatic rings. The van der Waals surface area contributed by atoms with Crippen molar-refractivity contribution in [1.82, 2.24) is 9.61 Å². The van der Waals surface area contributed by atoms with E-state index in [-0.39, 0.29) is 0 Å². The normalized spacial score (nSPS) is 11.9. The van der Waals surface area contributed by atoms with Gasteiger partial charge in [0.1, 0.15) is 0 Å². The standard InChI is InChI=1S/C13H18N2/c1-9(2)11-7-12(10(3)4)13-5-6-14-15(13)8-11/h5-10H,1-4H3. The molecule has 2 rings (SSSR count). The van der Waals surface area contributed by atoms with Crippen molar-refractivity contribution in [1.29, 1.82) is 0 Å². The SMILES string of the molecule is CC(C)c1cc(C(C)C)c2ccnn2c1. The van der Waals surface area contributed by atoms with Crippen LogP contribution in [0.2, 0.25) is 0 Å². The molecule has 2 heterocycles. The van der Waals surface area contributed by atoms with Crippen LogP contribution in [0.1, 0.15) is 50.7 Å². The lowest BCUT2D eigenvalue weighted by atomic mass is 9.97. The van der Waals surface area contributed by atoms with E-state index in [0.29, 0.717) is 11.8 Å². The first-order chi connectivity index (χ1) is 7.09. The van der Waals surface area contributed by atoms with Crippen molar-refractivity contribution in [2.75, 3.05) is 0 Å². The number of hydrogen-bond donors (Lipinski definition) is 0. The van der Waals surface area contributed by atoms with E-state index in [4.69, 9.17) is 0 Å². The molecule has 0 aliphatic carbocycles. The first kappa shape index (κ1) is 10.2. The number of rotatable bonds is 2. The van der Waals surface area contributed by atoms with E-state index >= 15 is 0 Å². The van der Waals surface area contributed by atoms with Crippen molar-refractivity contribution in [2.24, 2.45) is 0 Å². The minimum Gasteiger partial charge on any atom is -0.240 e. The summed E-state index contributed by atoms with van der Waals surface area (Å²) in [5.41, 5.74) is 3.98. The van der Waals surface area contributed by atoms with Gasteiger partial charge in [0.05, 0.1) is 5.52 Å². The highest BCUT2D eigenvalue weighted by molar-refractivity contribution is 5.56. The van der Waals surface area contributed by atoms with Gasteiger partial charge in [-0.2, -0.15) is 5.10 Å². The Labute approximate surface area is 90.9 Å². The van der Waals surface area contributed by atoms with Crippen molar-refractivity contribution in [3.63, 3.8) is 0 Å². The van der Waals surface area contributed by atoms with Crippen LogP contribution in [-0.4, -0.2) is 9.61 Å². The van der Waals surface area contributed by atoms with Crippen LogP contribution in [0.15, 0.2) is 24.5 Å². The molecule has 2 nitrogen and oxygen atoms in total. The molecular weight excluding hydrogens is 184 g/mol. The van der Waals surface area contributed by atoms with Gasteiger partial charge in [0.25, 0.3) is 0 Å². The first-order valence-corrected chi connectivity index (χ1v) is 5.56. The van der Waals surface area contributed by atoms with Crippen LogP contribution in [-0.2, 0) is 0 Å². The van der Waals surface area contributed by atoms with Crippen LogP contribution in [0.5, 0.6) is 0 Å². The van der Waals surface area contributed by atoms with Crippen molar-refractivity contribution >= 4 is 5.52 Å². The average Bonchev–Trinajstić information content (AvgIpc) is 2.62. The van der Waals surface area contributed by atoms with Gasteiger partial charge in [-0.05, 0) is 29.0 Å². The van der Waals surface area contributed by atoms with E-state index < -0.39 is 0 Å². The number of fused-ring (bicyclic) bond motifs is 1. The molecule has 0 saturated heterocycles. The van der Waals surface area contributed by atoms with Gasteiger partial charge in [0.15, 0.2) is 0 Å². The van der Waals surface area contributed by atoms with Crippen molar-refractivity contribution in [2.45, 2.75) is 39.5 Å². The third-order valence-electron chi connectivity index (χ3n) is 2.85. The minimum absolute atomic E-state index is 0.544. The van der Waals surface area contributed by atoms with Gasteiger partial charge < -0.3 is 0 Å². The van der Waals surface area contributed by atoms with Crippen LogP contribution in [0, 0.1) is 0 Å². The monoisotopic (exact) mass is 202 g/mol. The Balaban J connectivity index is 2.69. The Bertz CT molecular complexity index is 466. The predicted molar refractivity (Wildman–Crippen MR) is 63.4 cm³/mol. The molecule has 80 valence electrons. The van der Waals surface area contributed by atoms with Crippen molar-refractivity contribution in [3.05, 3.63) is 35.7 Å². The smallest absolute Gasteiger partial charge is 0.0696 e. The fourth-order valence-corrected chi connectivity index (χ4v) is 1.86. The summed E-state index contributed by atoms with van der Waals surface area (Å²) < 4.78 is 1.99. The molecule has 0 radical (unpaired) electrons. The molecule has 0 aliphatic heterocycles. The number of aromatic nitrogens is 2. The molecule has 0 N–H and O–H groups in total. The summed E-state index contributed by atoms with van der Waals surface area (Å²) in [4.78, 5) is 0. The van der Waals surface area contributed by atoms with Gasteiger partial charge in [0, 0.05) is 12.4 Å². The van der Waals surface area contributed by atoms with Gasteiger partial charge in [-0.1, -0.05) is 33.8 Å². The molecule has 0 atom stereocenters. The molecule has 15 heavy (non-hydrogen) atoms. The quantitative estimate of drug-likeness (QED) is 0.727. The first-order valence-electron chi connectivity index (χ1n) is 5.56. The number of nitrogens with zero attached hydrogens (tertiary/aromatic N) is 2. The zero-order valence-electron chi connectivity index (χ0n) is 9.86. The molecule has 0 spiro atoms. The second-order valence-electron chi connectivity index (χ2n) is 4.70. The third-order valence-corrected chi connectivity index (χ3v) is 2.85. The van der Waals surface area contributed by atoms with Gasteiger partial charge in [-0.25, -0.2) is 4.52 Å². The summed E-state index contributed by atoms with van der Waals surface area (Å²) >= 11 is 0. The van der Waals surface area contributed by atoms with E-state index in [1.807, 2.05) is 10.7 Å². The maximum absolute atomic E-state index is 4.32. The molecule has 0 fully saturated rings. The lowest BCUT2D eigenvalue weighted by Gasteiger charge is -2.13. The van der Waals surface area contributed by atoms with E-state index in [1.165, 1.54) is 16.6 Å². The largest absolute Gasteiger partial charge is 0.240 e. The summed E-state index contributed by atoms with van der Waals surface area (Å²) in [7, 11) is 0. The molecule has 0 unspecified atom stereocenters. The minimum atomic E-state index is 0.544. The fraction of sp³-hybridized carbons (Fsp3) is 0.462. The van der Waals surface area contributed by atoms with Gasteiger partial charge in [-0.15, -0.1) is 0 Å². The van der Waals surface area contributed by atoms with E-state index in [2.05, 4.69) is 51.1 Å². The van der Waals surface area contributed by atoms with Crippen LogP contribution < -0.4 is 0 Å². The number of hydrogen-bond acceptors (Lipinski definition) is 1. The Morgan fingerprint density at radius 1 is 1.13 bits per heavy atom.